The molecule has 13 aromatic rings. The van der Waals surface area contributed by atoms with Crippen LogP contribution in [0.4, 0.5) is 0 Å². The van der Waals surface area contributed by atoms with E-state index in [0.717, 1.165) is 38.6 Å². The zero-order chi connectivity index (χ0) is 47.8. The van der Waals surface area contributed by atoms with Crippen molar-refractivity contribution >= 4 is 42.3 Å². The molecule has 0 bridgehead atoms. The van der Waals surface area contributed by atoms with Gasteiger partial charge in [0.2, 0.25) is 0 Å². The lowest BCUT2D eigenvalue weighted by Crippen LogP contribution is -2.43. The molecule has 0 atom stereocenters. The lowest BCUT2D eigenvalue weighted by Gasteiger charge is -2.48. The molecule has 0 unspecified atom stereocenters. The van der Waals surface area contributed by atoms with Gasteiger partial charge in [-0.05, 0) is 119 Å². The third kappa shape index (κ3) is 5.50. The maximum Gasteiger partial charge on any atom is 0.164 e. The predicted octanol–water partition coefficient (Wildman–Crippen LogP) is 17.1. The van der Waals surface area contributed by atoms with Gasteiger partial charge in [-0.25, -0.2) is 15.0 Å². The van der Waals surface area contributed by atoms with E-state index in [1.54, 1.807) is 0 Å². The molecule has 11 aromatic carbocycles. The number of aromatic nitrogens is 3. The second kappa shape index (κ2) is 15.2. The molecule has 0 fully saturated rings. The van der Waals surface area contributed by atoms with Crippen molar-refractivity contribution in [1.82, 2.24) is 15.0 Å². The van der Waals surface area contributed by atoms with Crippen LogP contribution in [0.2, 0.25) is 0 Å². The Hall–Kier alpha value is -9.09. The van der Waals surface area contributed by atoms with E-state index in [1.807, 2.05) is 29.5 Å². The molecule has 2 aromatic heterocycles. The Bertz CT molecular complexity index is 4370. The standard InChI is InChI=1S/C69H41N3S/c1-2-19-43(20-3-1)65-70-66(72-67(71-65)51-28-17-21-42-18-4-5-24-47(42)51)46-23-16-22-44(38-46)45-36-37-57-52(39-45)53-41-64-54(50-27-8-15-35-63(50)73-64)40-62(53)69(57)60-33-13-11-31-58(60)68(59-32-12-14-34-61(59)69)55-29-9-6-25-48(55)49-26-7-10-30-56(49)68/h1-41H. The van der Waals surface area contributed by atoms with Gasteiger partial charge in [0.15, 0.2) is 17.5 Å². The molecule has 3 nitrogen and oxygen atoms in total. The molecule has 2 heterocycles. The number of fused-ring (bicyclic) bond motifs is 20. The molecule has 3 aliphatic carbocycles. The van der Waals surface area contributed by atoms with Crippen molar-refractivity contribution in [1.29, 1.82) is 0 Å². The van der Waals surface area contributed by atoms with Crippen LogP contribution >= 0.6 is 11.3 Å². The molecule has 16 rings (SSSR count). The molecule has 338 valence electrons. The fourth-order valence-electron chi connectivity index (χ4n) is 13.3. The van der Waals surface area contributed by atoms with Crippen molar-refractivity contribution in [2.24, 2.45) is 0 Å². The quantitative estimate of drug-likeness (QED) is 0.176. The highest BCUT2D eigenvalue weighted by atomic mass is 32.1. The minimum Gasteiger partial charge on any atom is -0.208 e. The summed E-state index contributed by atoms with van der Waals surface area (Å²) in [6, 6.07) is 92.0. The molecule has 0 saturated heterocycles. The summed E-state index contributed by atoms with van der Waals surface area (Å²) in [6.07, 6.45) is 0. The van der Waals surface area contributed by atoms with Crippen LogP contribution < -0.4 is 0 Å². The molecule has 4 heteroatoms. The smallest absolute Gasteiger partial charge is 0.164 e. The van der Waals surface area contributed by atoms with E-state index in [4.69, 9.17) is 15.0 Å². The Morgan fingerprint density at radius 3 is 1.45 bits per heavy atom. The van der Waals surface area contributed by atoms with Crippen LogP contribution in [0.3, 0.4) is 0 Å². The van der Waals surface area contributed by atoms with Crippen molar-refractivity contribution in [2.45, 2.75) is 10.8 Å². The van der Waals surface area contributed by atoms with Gasteiger partial charge in [0, 0.05) is 36.9 Å². The van der Waals surface area contributed by atoms with Crippen LogP contribution in [0.25, 0.3) is 98.5 Å². The summed E-state index contributed by atoms with van der Waals surface area (Å²) in [5.74, 6) is 1.93. The SMILES string of the molecule is c1ccc(-c2nc(-c3cccc(-c4ccc5c(c4)-c4cc6sc7ccccc7c6cc4C54c5ccccc5C5(c6ccccc6-c6ccccc65)c5ccccc54)c3)nc(-c3cccc4ccccc34)n2)cc1. The lowest BCUT2D eigenvalue weighted by atomic mass is 9.52. The largest absolute Gasteiger partial charge is 0.208 e. The fourth-order valence-corrected chi connectivity index (χ4v) is 14.4. The average Bonchev–Trinajstić information content (AvgIpc) is 4.20. The summed E-state index contributed by atoms with van der Waals surface area (Å²) in [4.78, 5) is 15.6. The first-order valence-corrected chi connectivity index (χ1v) is 25.9. The molecule has 0 saturated carbocycles. The molecule has 0 amide bonds. The van der Waals surface area contributed by atoms with E-state index in [-0.39, 0.29) is 0 Å². The normalized spacial score (nSPS) is 14.0. The maximum absolute atomic E-state index is 5.26. The van der Waals surface area contributed by atoms with Gasteiger partial charge in [-0.3, -0.25) is 0 Å². The van der Waals surface area contributed by atoms with Crippen molar-refractivity contribution in [3.05, 3.63) is 293 Å². The first kappa shape index (κ1) is 40.6. The Labute approximate surface area is 426 Å². The van der Waals surface area contributed by atoms with Gasteiger partial charge in [-0.1, -0.05) is 218 Å². The average molecular weight is 944 g/mol. The monoisotopic (exact) mass is 943 g/mol. The summed E-state index contributed by atoms with van der Waals surface area (Å²) in [7, 11) is 0. The number of hydrogen-bond acceptors (Lipinski definition) is 4. The molecule has 3 aliphatic rings. The van der Waals surface area contributed by atoms with Gasteiger partial charge in [0.25, 0.3) is 0 Å². The maximum atomic E-state index is 5.26. The number of nitrogens with zero attached hydrogens (tertiary/aromatic N) is 3. The Morgan fingerprint density at radius 1 is 0.247 bits per heavy atom. The summed E-state index contributed by atoms with van der Waals surface area (Å²) < 4.78 is 2.61. The van der Waals surface area contributed by atoms with Crippen LogP contribution in [0, 0.1) is 0 Å². The Balaban J connectivity index is 0.932. The zero-order valence-corrected chi connectivity index (χ0v) is 40.2. The van der Waals surface area contributed by atoms with Crippen molar-refractivity contribution in [2.75, 3.05) is 0 Å². The Morgan fingerprint density at radius 2 is 0.726 bits per heavy atom. The minimum absolute atomic E-state index is 0.503. The van der Waals surface area contributed by atoms with Gasteiger partial charge in [0.05, 0.1) is 10.8 Å². The molecule has 0 radical (unpaired) electrons. The number of thiophene rings is 1. The van der Waals surface area contributed by atoms with E-state index in [0.29, 0.717) is 17.5 Å². The van der Waals surface area contributed by atoms with Gasteiger partial charge >= 0.3 is 0 Å². The van der Waals surface area contributed by atoms with E-state index < -0.39 is 10.8 Å². The highest BCUT2D eigenvalue weighted by Crippen LogP contribution is 2.68. The van der Waals surface area contributed by atoms with Crippen molar-refractivity contribution in [3.8, 4) is 67.5 Å². The minimum atomic E-state index is -0.607. The number of hydrogen-bond donors (Lipinski definition) is 0. The lowest BCUT2D eigenvalue weighted by molar-refractivity contribution is 0.633. The van der Waals surface area contributed by atoms with Crippen LogP contribution in [0.5, 0.6) is 0 Å². The van der Waals surface area contributed by atoms with E-state index >= 15 is 0 Å². The summed E-state index contributed by atoms with van der Waals surface area (Å²) in [6.45, 7) is 0. The van der Waals surface area contributed by atoms with Gasteiger partial charge in [0.1, 0.15) is 0 Å². The number of rotatable bonds is 4. The van der Waals surface area contributed by atoms with Crippen molar-refractivity contribution in [3.63, 3.8) is 0 Å². The summed E-state index contributed by atoms with van der Waals surface area (Å²) in [5.41, 5.74) is 19.8. The molecule has 0 aliphatic heterocycles. The number of benzene rings is 11. The summed E-state index contributed by atoms with van der Waals surface area (Å²) in [5, 5.41) is 4.86. The highest BCUT2D eigenvalue weighted by molar-refractivity contribution is 7.25. The van der Waals surface area contributed by atoms with Crippen LogP contribution in [-0.4, -0.2) is 15.0 Å². The second-order valence-corrected chi connectivity index (χ2v) is 20.8. The van der Waals surface area contributed by atoms with Crippen LogP contribution in [0.1, 0.15) is 44.5 Å². The van der Waals surface area contributed by atoms with E-state index in [1.165, 1.54) is 86.9 Å². The topological polar surface area (TPSA) is 38.7 Å². The Kier molecular flexibility index (Phi) is 8.46. The first-order chi connectivity index (χ1) is 36.2. The first-order valence-electron chi connectivity index (χ1n) is 25.1. The van der Waals surface area contributed by atoms with E-state index in [2.05, 4.69) is 231 Å². The second-order valence-electron chi connectivity index (χ2n) is 19.7. The third-order valence-corrected chi connectivity index (χ3v) is 17.3. The predicted molar refractivity (Wildman–Crippen MR) is 300 cm³/mol. The molecule has 0 N–H and O–H groups in total. The van der Waals surface area contributed by atoms with Crippen molar-refractivity contribution < 1.29 is 0 Å². The van der Waals surface area contributed by atoms with Gasteiger partial charge < -0.3 is 0 Å². The van der Waals surface area contributed by atoms with Gasteiger partial charge in [-0.2, -0.15) is 0 Å². The molecular formula is C69H41N3S. The summed E-state index contributed by atoms with van der Waals surface area (Å²) >= 11 is 1.89. The zero-order valence-electron chi connectivity index (χ0n) is 39.4. The third-order valence-electron chi connectivity index (χ3n) is 16.2. The molecule has 73 heavy (non-hydrogen) atoms. The van der Waals surface area contributed by atoms with Crippen LogP contribution in [-0.2, 0) is 10.8 Å². The molecule has 2 spiro atoms. The van der Waals surface area contributed by atoms with E-state index in [9.17, 15) is 0 Å². The van der Waals surface area contributed by atoms with Crippen LogP contribution in [0.15, 0.2) is 249 Å². The fraction of sp³-hybridized carbons (Fsp3) is 0.0290. The highest BCUT2D eigenvalue weighted by Gasteiger charge is 2.59. The van der Waals surface area contributed by atoms with Gasteiger partial charge in [-0.15, -0.1) is 11.3 Å². The molecular weight excluding hydrogens is 903 g/mol.